The maximum Gasteiger partial charge on any atom is 0.416 e. The number of methoxy groups -OCH3 is 1. The molecule has 2 aromatic carbocycles. The van der Waals surface area contributed by atoms with E-state index in [-0.39, 0.29) is 6.54 Å². The number of anilines is 1. The van der Waals surface area contributed by atoms with E-state index in [0.29, 0.717) is 28.9 Å². The highest BCUT2D eigenvalue weighted by Gasteiger charge is 2.41. The Morgan fingerprint density at radius 3 is 2.54 bits per heavy atom. The molecular weight excluding hydrogens is 509 g/mol. The van der Waals surface area contributed by atoms with E-state index in [2.05, 4.69) is 22.0 Å². The molecule has 204 valence electrons. The molecule has 0 bridgehead atoms. The molecule has 1 aromatic heterocycles. The van der Waals surface area contributed by atoms with Gasteiger partial charge in [0.15, 0.2) is 0 Å². The fraction of sp³-hybridized carbons (Fsp3) is 0.414. The molecule has 3 fully saturated rings. The Balaban J connectivity index is 1.35. The Labute approximate surface area is 224 Å². The van der Waals surface area contributed by atoms with Gasteiger partial charge in [-0.3, -0.25) is 4.90 Å². The average Bonchev–Trinajstić information content (AvgIpc) is 3.70. The van der Waals surface area contributed by atoms with Gasteiger partial charge in [0.1, 0.15) is 11.9 Å². The fourth-order valence-corrected chi connectivity index (χ4v) is 5.24. The van der Waals surface area contributed by atoms with Crippen LogP contribution in [-0.2, 0) is 17.5 Å². The van der Waals surface area contributed by atoms with Crippen molar-refractivity contribution in [1.82, 2.24) is 14.9 Å². The first-order valence-corrected chi connectivity index (χ1v) is 13.2. The molecule has 1 aliphatic carbocycles. The number of cyclic esters (lactones) is 1. The molecule has 1 amide bonds. The Kier molecular flexibility index (Phi) is 6.35. The molecule has 0 radical (unpaired) electrons. The van der Waals surface area contributed by atoms with Crippen molar-refractivity contribution in [3.8, 4) is 16.9 Å². The summed E-state index contributed by atoms with van der Waals surface area (Å²) in [7, 11) is 1.62. The summed E-state index contributed by atoms with van der Waals surface area (Å²) in [4.78, 5) is 26.2. The summed E-state index contributed by atoms with van der Waals surface area (Å²) in [5.74, 6) is 1.80. The molecule has 7 nitrogen and oxygen atoms in total. The number of alkyl halides is 3. The first-order valence-electron chi connectivity index (χ1n) is 13.2. The van der Waals surface area contributed by atoms with Crippen LogP contribution in [0.5, 0.6) is 5.75 Å². The molecule has 39 heavy (non-hydrogen) atoms. The summed E-state index contributed by atoms with van der Waals surface area (Å²) in [6, 6.07) is 10.6. The Morgan fingerprint density at radius 1 is 1.08 bits per heavy atom. The van der Waals surface area contributed by atoms with Gasteiger partial charge in [0.2, 0.25) is 5.95 Å². The van der Waals surface area contributed by atoms with Gasteiger partial charge in [0.25, 0.3) is 0 Å². The molecule has 2 saturated heterocycles. The number of carbonyl (C=O) groups excluding carboxylic acids is 1. The number of benzene rings is 2. The zero-order valence-electron chi connectivity index (χ0n) is 21.7. The Hall–Kier alpha value is -3.82. The van der Waals surface area contributed by atoms with Gasteiger partial charge < -0.3 is 14.4 Å². The number of ether oxygens (including phenoxy) is 2. The van der Waals surface area contributed by atoms with E-state index in [4.69, 9.17) is 14.5 Å². The van der Waals surface area contributed by atoms with Gasteiger partial charge in [0.05, 0.1) is 31.0 Å². The van der Waals surface area contributed by atoms with Crippen molar-refractivity contribution >= 4 is 12.0 Å². The van der Waals surface area contributed by atoms with E-state index < -0.39 is 30.0 Å². The molecule has 3 heterocycles. The monoisotopic (exact) mass is 538 g/mol. The number of hydrogen-bond acceptors (Lipinski definition) is 6. The normalized spacial score (nSPS) is 21.1. The van der Waals surface area contributed by atoms with Gasteiger partial charge in [-0.25, -0.2) is 14.8 Å². The molecule has 10 heteroatoms. The lowest BCUT2D eigenvalue weighted by atomic mass is 9.98. The van der Waals surface area contributed by atoms with Crippen LogP contribution in [0.25, 0.3) is 11.1 Å². The summed E-state index contributed by atoms with van der Waals surface area (Å²) in [5, 5.41) is 0. The third kappa shape index (κ3) is 4.88. The first-order chi connectivity index (χ1) is 18.7. The standard InChI is InChI=1S/C29H29F3N4O3/c1-17-26(20-5-3-6-21(13-20)29(30,31)32)39-28(37)36(17)16-24-23(15-33-27(34-24)35-11-4-12-35)22-14-19(18-7-8-18)9-10-25(22)38-2/h3,5-6,9-10,13-15,17-18,26H,4,7-8,11-12,16H2,1-2H3. The number of amides is 1. The number of carbonyl (C=O) groups is 1. The Morgan fingerprint density at radius 2 is 1.87 bits per heavy atom. The SMILES string of the molecule is COc1ccc(C2CC2)cc1-c1cnc(N2CCC2)nc1CN1C(=O)OC(c2cccc(C(F)(F)F)c2)C1C. The average molecular weight is 539 g/mol. The van der Waals surface area contributed by atoms with Crippen molar-refractivity contribution in [2.45, 2.75) is 57.0 Å². The zero-order chi connectivity index (χ0) is 27.3. The molecule has 2 aliphatic heterocycles. The number of aromatic nitrogens is 2. The van der Waals surface area contributed by atoms with Gasteiger partial charge in [-0.1, -0.05) is 18.2 Å². The van der Waals surface area contributed by atoms with Crippen LogP contribution in [0.2, 0.25) is 0 Å². The van der Waals surface area contributed by atoms with Crippen LogP contribution in [0.3, 0.4) is 0 Å². The third-order valence-corrected chi connectivity index (χ3v) is 7.81. The van der Waals surface area contributed by atoms with Crippen molar-refractivity contribution < 1.29 is 27.4 Å². The zero-order valence-corrected chi connectivity index (χ0v) is 21.7. The minimum absolute atomic E-state index is 0.116. The first kappa shape index (κ1) is 25.5. The van der Waals surface area contributed by atoms with Gasteiger partial charge in [0, 0.05) is 30.4 Å². The maximum absolute atomic E-state index is 13.3. The van der Waals surface area contributed by atoms with Crippen molar-refractivity contribution in [3.63, 3.8) is 0 Å². The van der Waals surface area contributed by atoms with E-state index in [1.165, 1.54) is 16.5 Å². The van der Waals surface area contributed by atoms with Gasteiger partial charge in [-0.2, -0.15) is 13.2 Å². The summed E-state index contributed by atoms with van der Waals surface area (Å²) in [6.45, 7) is 3.62. The lowest BCUT2D eigenvalue weighted by Gasteiger charge is -2.31. The third-order valence-electron chi connectivity index (χ3n) is 7.81. The van der Waals surface area contributed by atoms with Crippen LogP contribution >= 0.6 is 0 Å². The van der Waals surface area contributed by atoms with Crippen LogP contribution in [0.1, 0.15) is 60.6 Å². The van der Waals surface area contributed by atoms with E-state index >= 15 is 0 Å². The van der Waals surface area contributed by atoms with E-state index in [1.807, 2.05) is 6.07 Å². The molecule has 0 spiro atoms. The topological polar surface area (TPSA) is 67.8 Å². The van der Waals surface area contributed by atoms with Gasteiger partial charge in [-0.15, -0.1) is 0 Å². The molecule has 6 rings (SSSR count). The number of rotatable bonds is 7. The van der Waals surface area contributed by atoms with Gasteiger partial charge in [-0.05, 0) is 67.5 Å². The van der Waals surface area contributed by atoms with Crippen LogP contribution in [0.15, 0.2) is 48.7 Å². The van der Waals surface area contributed by atoms with E-state index in [1.54, 1.807) is 26.3 Å². The maximum atomic E-state index is 13.3. The van der Waals surface area contributed by atoms with Crippen molar-refractivity contribution in [2.75, 3.05) is 25.1 Å². The second-order valence-electron chi connectivity index (χ2n) is 10.4. The van der Waals surface area contributed by atoms with Crippen LogP contribution < -0.4 is 9.64 Å². The number of halogens is 3. The van der Waals surface area contributed by atoms with Crippen LogP contribution in [0.4, 0.5) is 23.9 Å². The Bertz CT molecular complexity index is 1400. The minimum Gasteiger partial charge on any atom is -0.496 e. The molecular formula is C29H29F3N4O3. The lowest BCUT2D eigenvalue weighted by molar-refractivity contribution is -0.137. The van der Waals surface area contributed by atoms with Crippen LogP contribution in [0, 0.1) is 0 Å². The highest BCUT2D eigenvalue weighted by atomic mass is 19.4. The fourth-order valence-electron chi connectivity index (χ4n) is 5.24. The second kappa shape index (κ2) is 9.73. The largest absolute Gasteiger partial charge is 0.496 e. The summed E-state index contributed by atoms with van der Waals surface area (Å²) >= 11 is 0. The van der Waals surface area contributed by atoms with Gasteiger partial charge >= 0.3 is 12.3 Å². The smallest absolute Gasteiger partial charge is 0.416 e. The molecule has 0 N–H and O–H groups in total. The number of nitrogens with zero attached hydrogens (tertiary/aromatic N) is 4. The second-order valence-corrected chi connectivity index (χ2v) is 10.4. The summed E-state index contributed by atoms with van der Waals surface area (Å²) in [5.41, 5.74) is 2.98. The van der Waals surface area contributed by atoms with E-state index in [0.717, 1.165) is 55.6 Å². The highest BCUT2D eigenvalue weighted by molar-refractivity contribution is 5.75. The molecule has 2 atom stereocenters. The number of hydrogen-bond donors (Lipinski definition) is 0. The lowest BCUT2D eigenvalue weighted by Crippen LogP contribution is -2.39. The molecule has 3 aliphatic rings. The highest BCUT2D eigenvalue weighted by Crippen LogP contribution is 2.44. The predicted octanol–water partition coefficient (Wildman–Crippen LogP) is 6.34. The summed E-state index contributed by atoms with van der Waals surface area (Å²) in [6.07, 6.45) is -0.786. The summed E-state index contributed by atoms with van der Waals surface area (Å²) < 4.78 is 51.3. The van der Waals surface area contributed by atoms with Crippen molar-refractivity contribution in [3.05, 3.63) is 71.0 Å². The van der Waals surface area contributed by atoms with Crippen molar-refractivity contribution in [1.29, 1.82) is 0 Å². The molecule has 1 saturated carbocycles. The molecule has 2 unspecified atom stereocenters. The van der Waals surface area contributed by atoms with Crippen LogP contribution in [-0.4, -0.2) is 47.2 Å². The molecule has 3 aromatic rings. The quantitative estimate of drug-likeness (QED) is 0.350. The minimum atomic E-state index is -4.49. The van der Waals surface area contributed by atoms with Crippen molar-refractivity contribution in [2.24, 2.45) is 0 Å². The van der Waals surface area contributed by atoms with E-state index in [9.17, 15) is 18.0 Å². The predicted molar refractivity (Wildman–Crippen MR) is 138 cm³/mol.